The van der Waals surface area contributed by atoms with Crippen LogP contribution in [0, 0.1) is 21.3 Å². The second kappa shape index (κ2) is 8.48. The first-order valence-electron chi connectivity index (χ1n) is 11.8. The fraction of sp³-hybridized carbons (Fsp3) is 0.286. The molecule has 0 radical (unpaired) electrons. The first kappa shape index (κ1) is 23.3. The highest BCUT2D eigenvalue weighted by Gasteiger charge is 2.57. The van der Waals surface area contributed by atoms with Gasteiger partial charge in [0.25, 0.3) is 0 Å². The van der Waals surface area contributed by atoms with Crippen LogP contribution in [0.1, 0.15) is 37.2 Å². The van der Waals surface area contributed by atoms with Gasteiger partial charge in [-0.15, -0.1) is 0 Å². The van der Waals surface area contributed by atoms with Crippen LogP contribution < -0.4 is 4.90 Å². The van der Waals surface area contributed by atoms with E-state index in [2.05, 4.69) is 22.6 Å². The van der Waals surface area contributed by atoms with Crippen LogP contribution in [0.4, 0.5) is 5.69 Å². The van der Waals surface area contributed by atoms with Gasteiger partial charge < -0.3 is 9.52 Å². The highest BCUT2D eigenvalue weighted by atomic mass is 127. The van der Waals surface area contributed by atoms with Crippen LogP contribution in [0.15, 0.2) is 75.3 Å². The van der Waals surface area contributed by atoms with Gasteiger partial charge in [0.05, 0.1) is 23.4 Å². The van der Waals surface area contributed by atoms with Crippen molar-refractivity contribution in [2.45, 2.75) is 32.3 Å². The summed E-state index contributed by atoms with van der Waals surface area (Å²) in [6.07, 6.45) is 3.90. The summed E-state index contributed by atoms with van der Waals surface area (Å²) in [7, 11) is 0. The second-order valence-corrected chi connectivity index (χ2v) is 10.9. The number of anilines is 1. The number of hydrogen-bond acceptors (Lipinski definition) is 6. The average molecular weight is 595 g/mol. The molecular formula is C28H22INO6. The van der Waals surface area contributed by atoms with Crippen molar-refractivity contribution in [2.75, 3.05) is 4.90 Å². The van der Waals surface area contributed by atoms with E-state index in [9.17, 15) is 24.3 Å². The maximum Gasteiger partial charge on any atom is 0.238 e. The van der Waals surface area contributed by atoms with E-state index in [1.807, 2.05) is 18.2 Å². The number of aliphatic hydroxyl groups is 1. The molecule has 2 amide bonds. The van der Waals surface area contributed by atoms with Crippen LogP contribution >= 0.6 is 22.6 Å². The molecule has 4 atom stereocenters. The lowest BCUT2D eigenvalue weighted by Crippen LogP contribution is -2.39. The summed E-state index contributed by atoms with van der Waals surface area (Å²) in [6.45, 7) is 1.32. The van der Waals surface area contributed by atoms with Crippen molar-refractivity contribution in [2.24, 2.45) is 17.8 Å². The minimum Gasteiger partial charge on any atom is -0.463 e. The van der Waals surface area contributed by atoms with E-state index in [1.54, 1.807) is 31.2 Å². The van der Waals surface area contributed by atoms with E-state index in [4.69, 9.17) is 4.42 Å². The monoisotopic (exact) mass is 595 g/mol. The number of benzene rings is 1. The molecule has 4 unspecified atom stereocenters. The molecule has 0 saturated carbocycles. The van der Waals surface area contributed by atoms with Gasteiger partial charge in [-0.3, -0.25) is 24.1 Å². The second-order valence-electron chi connectivity index (χ2n) is 9.68. The average Bonchev–Trinajstić information content (AvgIpc) is 3.44. The quantitative estimate of drug-likeness (QED) is 0.249. The molecule has 1 fully saturated rings. The molecular weight excluding hydrogens is 573 g/mol. The topological polar surface area (TPSA) is 105 Å². The summed E-state index contributed by atoms with van der Waals surface area (Å²) in [4.78, 5) is 54.9. The number of hydrogen-bond donors (Lipinski definition) is 1. The van der Waals surface area contributed by atoms with Gasteiger partial charge in [-0.1, -0.05) is 11.6 Å². The standard InChI is InChI=1S/C28H22INO6/c1-13-10-21(32)24-20(26(13)33)11-19-17(25(24)22-9-6-16(12-31)36-22)7-8-18-23(19)28(35)30(27(18)34)15-4-2-14(29)3-5-15/h2-7,9-10,18-19,23,25,31H,8,11-12H2,1H3. The van der Waals surface area contributed by atoms with Crippen LogP contribution in [0.2, 0.25) is 0 Å². The van der Waals surface area contributed by atoms with Crippen LogP contribution in [-0.2, 0) is 25.8 Å². The summed E-state index contributed by atoms with van der Waals surface area (Å²) < 4.78 is 6.87. The molecule has 3 aliphatic carbocycles. The Balaban J connectivity index is 1.47. The molecule has 7 nitrogen and oxygen atoms in total. The predicted molar refractivity (Wildman–Crippen MR) is 138 cm³/mol. The minimum atomic E-state index is -0.643. The molecule has 1 N–H and O–H groups in total. The molecule has 1 aromatic carbocycles. The number of imide groups is 1. The number of rotatable bonds is 3. The van der Waals surface area contributed by atoms with Gasteiger partial charge in [-0.05, 0) is 90.7 Å². The summed E-state index contributed by atoms with van der Waals surface area (Å²) in [6, 6.07) is 10.6. The number of furan rings is 1. The maximum absolute atomic E-state index is 13.8. The van der Waals surface area contributed by atoms with Crippen LogP contribution in [0.3, 0.4) is 0 Å². The Bertz CT molecular complexity index is 1440. The molecule has 0 spiro atoms. The van der Waals surface area contributed by atoms with Crippen LogP contribution in [0.5, 0.6) is 0 Å². The zero-order valence-corrected chi connectivity index (χ0v) is 21.5. The van der Waals surface area contributed by atoms with E-state index in [0.717, 1.165) is 9.14 Å². The number of fused-ring (bicyclic) bond motifs is 3. The smallest absolute Gasteiger partial charge is 0.238 e. The lowest BCUT2D eigenvalue weighted by Gasteiger charge is -2.41. The van der Waals surface area contributed by atoms with Crippen molar-refractivity contribution in [3.05, 3.63) is 85.9 Å². The third-order valence-corrected chi connectivity index (χ3v) is 8.49. The number of nitrogens with zero attached hydrogens (tertiary/aromatic N) is 1. The SMILES string of the molecule is CC1=CC(=O)C2=C(CC3C(=CCC4C(=O)N(c5ccc(I)cc5)C(=O)C43)C2c2ccc(CO)o2)C1=O. The number of allylic oxidation sites excluding steroid dienone is 6. The first-order valence-corrected chi connectivity index (χ1v) is 12.9. The van der Waals surface area contributed by atoms with Gasteiger partial charge in [-0.2, -0.15) is 0 Å². The molecule has 1 saturated heterocycles. The Morgan fingerprint density at radius 3 is 2.47 bits per heavy atom. The normalized spacial score (nSPS) is 27.6. The summed E-state index contributed by atoms with van der Waals surface area (Å²) in [5, 5.41) is 9.55. The van der Waals surface area contributed by atoms with Crippen LogP contribution in [0.25, 0.3) is 0 Å². The number of aliphatic hydroxyl groups excluding tert-OH is 1. The Kier molecular flexibility index (Phi) is 5.49. The van der Waals surface area contributed by atoms with Crippen molar-refractivity contribution in [1.82, 2.24) is 0 Å². The maximum atomic E-state index is 13.8. The first-order chi connectivity index (χ1) is 17.3. The van der Waals surface area contributed by atoms with Gasteiger partial charge in [0.1, 0.15) is 18.1 Å². The predicted octanol–water partition coefficient (Wildman–Crippen LogP) is 4.01. The molecule has 8 heteroatoms. The van der Waals surface area contributed by atoms with Gasteiger partial charge in [-0.25, -0.2) is 0 Å². The summed E-state index contributed by atoms with van der Waals surface area (Å²) >= 11 is 2.17. The van der Waals surface area contributed by atoms with Gasteiger partial charge >= 0.3 is 0 Å². The minimum absolute atomic E-state index is 0.212. The van der Waals surface area contributed by atoms with Gasteiger partial charge in [0.2, 0.25) is 11.8 Å². The number of Topliss-reactive ketones (excluding diaryl/α,β-unsaturated/α-hetero) is 1. The largest absolute Gasteiger partial charge is 0.463 e. The summed E-state index contributed by atoms with van der Waals surface area (Å²) in [5.41, 5.74) is 2.49. The fourth-order valence-electron chi connectivity index (χ4n) is 6.19. The van der Waals surface area contributed by atoms with Crippen molar-refractivity contribution in [3.63, 3.8) is 0 Å². The number of carbonyl (C=O) groups excluding carboxylic acids is 4. The lowest BCUT2D eigenvalue weighted by atomic mass is 9.60. The molecule has 36 heavy (non-hydrogen) atoms. The Morgan fingerprint density at radius 2 is 1.78 bits per heavy atom. The van der Waals surface area contributed by atoms with Crippen molar-refractivity contribution in [3.8, 4) is 0 Å². The number of ketones is 2. The third-order valence-electron chi connectivity index (χ3n) is 7.77. The number of halogens is 1. The molecule has 1 aromatic heterocycles. The number of amides is 2. The van der Waals surface area contributed by atoms with Crippen molar-refractivity contribution in [1.29, 1.82) is 0 Å². The van der Waals surface area contributed by atoms with E-state index in [-0.39, 0.29) is 36.4 Å². The van der Waals surface area contributed by atoms with Crippen molar-refractivity contribution >= 4 is 51.7 Å². The molecule has 0 bridgehead atoms. The molecule has 182 valence electrons. The van der Waals surface area contributed by atoms with Gasteiger partial charge in [0, 0.05) is 20.3 Å². The van der Waals surface area contributed by atoms with E-state index in [1.165, 1.54) is 11.0 Å². The Hall–Kier alpha value is -3.11. The highest BCUT2D eigenvalue weighted by Crippen LogP contribution is 2.55. The van der Waals surface area contributed by atoms with E-state index >= 15 is 0 Å². The molecule has 1 aliphatic heterocycles. The van der Waals surface area contributed by atoms with Gasteiger partial charge in [0.15, 0.2) is 11.6 Å². The van der Waals surface area contributed by atoms with Crippen LogP contribution in [-0.4, -0.2) is 28.5 Å². The van der Waals surface area contributed by atoms with E-state index < -0.39 is 23.7 Å². The summed E-state index contributed by atoms with van der Waals surface area (Å²) in [5.74, 6) is -2.38. The zero-order valence-electron chi connectivity index (χ0n) is 19.4. The fourth-order valence-corrected chi connectivity index (χ4v) is 6.55. The molecule has 4 aliphatic rings. The molecule has 2 heterocycles. The molecule has 6 rings (SSSR count). The third kappa shape index (κ3) is 3.34. The zero-order chi connectivity index (χ0) is 25.3. The number of carbonyl (C=O) groups is 4. The Labute approximate surface area is 220 Å². The molecule has 2 aromatic rings. The van der Waals surface area contributed by atoms with Crippen molar-refractivity contribution < 1.29 is 28.7 Å². The highest BCUT2D eigenvalue weighted by molar-refractivity contribution is 14.1. The Morgan fingerprint density at radius 1 is 1.03 bits per heavy atom. The lowest BCUT2D eigenvalue weighted by molar-refractivity contribution is -0.123. The van der Waals surface area contributed by atoms with E-state index in [0.29, 0.717) is 40.3 Å².